The number of hydrogen-bond donors (Lipinski definition) is 1. The van der Waals surface area contributed by atoms with Crippen LogP contribution in [0.3, 0.4) is 0 Å². The molecule has 1 nitrogen and oxygen atoms in total. The summed E-state index contributed by atoms with van der Waals surface area (Å²) >= 11 is 0. The minimum absolute atomic E-state index is 0.477. The summed E-state index contributed by atoms with van der Waals surface area (Å²) in [5.74, 6) is 0. The number of hydrogen-bond acceptors (Lipinski definition) is 1. The maximum Gasteiger partial charge on any atom is 0.0342 e. The van der Waals surface area contributed by atoms with E-state index < -0.39 is 0 Å². The van der Waals surface area contributed by atoms with Crippen LogP contribution in [-0.4, -0.2) is 6.04 Å². The van der Waals surface area contributed by atoms with Crippen molar-refractivity contribution < 1.29 is 0 Å². The van der Waals surface area contributed by atoms with E-state index in [1.54, 1.807) is 0 Å². The Hall–Kier alpha value is -2.28. The molecule has 24 heavy (non-hydrogen) atoms. The molecule has 1 atom stereocenters. The van der Waals surface area contributed by atoms with Gasteiger partial charge in [-0.25, -0.2) is 0 Å². The first-order valence-electron chi connectivity index (χ1n) is 9.15. The zero-order chi connectivity index (χ0) is 16.6. The van der Waals surface area contributed by atoms with E-state index in [4.69, 9.17) is 0 Å². The molecule has 0 saturated carbocycles. The first kappa shape index (κ1) is 16.6. The molecule has 0 saturated heterocycles. The fourth-order valence-electron chi connectivity index (χ4n) is 3.37. The Morgan fingerprint density at radius 2 is 1.54 bits per heavy atom. The van der Waals surface area contributed by atoms with Crippen LogP contribution < -0.4 is 5.32 Å². The first-order valence-corrected chi connectivity index (χ1v) is 9.15. The molecule has 0 amide bonds. The highest BCUT2D eigenvalue weighted by Gasteiger charge is 2.11. The van der Waals surface area contributed by atoms with E-state index in [-0.39, 0.29) is 0 Å². The van der Waals surface area contributed by atoms with Crippen LogP contribution in [0.25, 0.3) is 10.8 Å². The molecule has 1 unspecified atom stereocenters. The molecule has 3 aromatic rings. The lowest BCUT2D eigenvalue weighted by Crippen LogP contribution is -2.22. The van der Waals surface area contributed by atoms with Crippen molar-refractivity contribution in [3.63, 3.8) is 0 Å². The lowest BCUT2D eigenvalue weighted by atomic mass is 9.96. The van der Waals surface area contributed by atoms with Crippen LogP contribution in [0.15, 0.2) is 72.8 Å². The second kappa shape index (κ2) is 8.54. The van der Waals surface area contributed by atoms with E-state index in [0.29, 0.717) is 6.04 Å². The lowest BCUT2D eigenvalue weighted by molar-refractivity contribution is 0.584. The number of para-hydroxylation sites is 1. The van der Waals surface area contributed by atoms with Crippen molar-refractivity contribution in [3.05, 3.63) is 78.4 Å². The number of fused-ring (bicyclic) bond motifs is 1. The second-order valence-electron chi connectivity index (χ2n) is 6.55. The Bertz CT molecular complexity index is 743. The highest BCUT2D eigenvalue weighted by atomic mass is 14.9. The molecule has 0 aliphatic heterocycles. The average molecular weight is 317 g/mol. The molecule has 0 aliphatic carbocycles. The molecule has 0 aliphatic rings. The van der Waals surface area contributed by atoms with Crippen molar-refractivity contribution in [3.8, 4) is 0 Å². The van der Waals surface area contributed by atoms with Gasteiger partial charge in [-0.05, 0) is 41.3 Å². The van der Waals surface area contributed by atoms with Crippen molar-refractivity contribution in [1.82, 2.24) is 0 Å². The predicted octanol–water partition coefficient (Wildman–Crippen LogP) is 6.44. The minimum Gasteiger partial charge on any atom is -0.382 e. The fourth-order valence-corrected chi connectivity index (χ4v) is 3.37. The molecule has 0 heterocycles. The summed E-state index contributed by atoms with van der Waals surface area (Å²) in [5.41, 5.74) is 2.66. The Labute approximate surface area is 145 Å². The van der Waals surface area contributed by atoms with Gasteiger partial charge < -0.3 is 5.32 Å². The Balaban J connectivity index is 1.79. The zero-order valence-electron chi connectivity index (χ0n) is 14.5. The molecule has 3 aromatic carbocycles. The van der Waals surface area contributed by atoms with Gasteiger partial charge in [0.1, 0.15) is 0 Å². The van der Waals surface area contributed by atoms with E-state index in [1.165, 1.54) is 47.7 Å². The molecule has 1 heteroatoms. The zero-order valence-corrected chi connectivity index (χ0v) is 14.5. The van der Waals surface area contributed by atoms with Crippen LogP contribution in [0.1, 0.15) is 38.2 Å². The molecular weight excluding hydrogens is 290 g/mol. The van der Waals surface area contributed by atoms with E-state index in [1.807, 2.05) is 0 Å². The third-order valence-corrected chi connectivity index (χ3v) is 4.65. The van der Waals surface area contributed by atoms with Gasteiger partial charge >= 0.3 is 0 Å². The molecular formula is C23H27N. The van der Waals surface area contributed by atoms with Crippen LogP contribution in [0.2, 0.25) is 0 Å². The normalized spacial score (nSPS) is 12.2. The largest absolute Gasteiger partial charge is 0.382 e. The van der Waals surface area contributed by atoms with Gasteiger partial charge in [-0.1, -0.05) is 86.8 Å². The van der Waals surface area contributed by atoms with E-state index in [2.05, 4.69) is 85.0 Å². The summed E-state index contributed by atoms with van der Waals surface area (Å²) in [4.78, 5) is 0. The fraction of sp³-hybridized carbons (Fsp3) is 0.304. The minimum atomic E-state index is 0.477. The Kier molecular flexibility index (Phi) is 5.90. The predicted molar refractivity (Wildman–Crippen MR) is 106 cm³/mol. The van der Waals surface area contributed by atoms with Crippen LogP contribution in [0, 0.1) is 0 Å². The molecule has 0 radical (unpaired) electrons. The lowest BCUT2D eigenvalue weighted by Gasteiger charge is -2.21. The van der Waals surface area contributed by atoms with Crippen molar-refractivity contribution in [2.75, 3.05) is 5.32 Å². The number of anilines is 1. The number of rotatable bonds is 8. The van der Waals surface area contributed by atoms with Crippen molar-refractivity contribution in [2.45, 2.75) is 45.1 Å². The van der Waals surface area contributed by atoms with E-state index in [0.717, 1.165) is 6.42 Å². The maximum absolute atomic E-state index is 3.75. The third-order valence-electron chi connectivity index (χ3n) is 4.65. The molecule has 0 fully saturated rings. The van der Waals surface area contributed by atoms with Gasteiger partial charge in [-0.15, -0.1) is 0 Å². The molecule has 1 N–H and O–H groups in total. The molecule has 0 spiro atoms. The van der Waals surface area contributed by atoms with Crippen LogP contribution in [-0.2, 0) is 6.42 Å². The van der Waals surface area contributed by atoms with Gasteiger partial charge in [0.05, 0.1) is 0 Å². The smallest absolute Gasteiger partial charge is 0.0342 e. The highest BCUT2D eigenvalue weighted by Crippen LogP contribution is 2.22. The molecule has 0 bridgehead atoms. The number of benzene rings is 3. The van der Waals surface area contributed by atoms with Crippen molar-refractivity contribution in [2.24, 2.45) is 0 Å². The maximum atomic E-state index is 3.75. The van der Waals surface area contributed by atoms with E-state index >= 15 is 0 Å². The average Bonchev–Trinajstić information content (AvgIpc) is 2.63. The van der Waals surface area contributed by atoms with E-state index in [9.17, 15) is 0 Å². The summed E-state index contributed by atoms with van der Waals surface area (Å²) in [5, 5.41) is 6.47. The van der Waals surface area contributed by atoms with Gasteiger partial charge in [0.15, 0.2) is 0 Å². The molecule has 3 rings (SSSR count). The summed E-state index contributed by atoms with van der Waals surface area (Å²) in [6.45, 7) is 2.27. The topological polar surface area (TPSA) is 12.0 Å². The van der Waals surface area contributed by atoms with Crippen LogP contribution >= 0.6 is 0 Å². The van der Waals surface area contributed by atoms with Crippen LogP contribution in [0.5, 0.6) is 0 Å². The van der Waals surface area contributed by atoms with Gasteiger partial charge in [-0.2, -0.15) is 0 Å². The van der Waals surface area contributed by atoms with Crippen molar-refractivity contribution in [1.29, 1.82) is 0 Å². The second-order valence-corrected chi connectivity index (χ2v) is 6.55. The third kappa shape index (κ3) is 4.38. The van der Waals surface area contributed by atoms with Gasteiger partial charge in [0.25, 0.3) is 0 Å². The molecule has 0 aromatic heterocycles. The summed E-state index contributed by atoms with van der Waals surface area (Å²) in [7, 11) is 0. The quantitative estimate of drug-likeness (QED) is 0.471. The summed E-state index contributed by atoms with van der Waals surface area (Å²) in [6.07, 6.45) is 6.15. The Morgan fingerprint density at radius 3 is 2.38 bits per heavy atom. The van der Waals surface area contributed by atoms with Gasteiger partial charge in [0, 0.05) is 11.7 Å². The summed E-state index contributed by atoms with van der Waals surface area (Å²) < 4.78 is 0. The summed E-state index contributed by atoms with van der Waals surface area (Å²) in [6, 6.07) is 26.5. The van der Waals surface area contributed by atoms with Gasteiger partial charge in [-0.3, -0.25) is 0 Å². The number of unbranched alkanes of at least 4 members (excludes halogenated alkanes) is 2. The monoisotopic (exact) mass is 317 g/mol. The molecule has 124 valence electrons. The van der Waals surface area contributed by atoms with Gasteiger partial charge in [0.2, 0.25) is 0 Å². The Morgan fingerprint density at radius 1 is 0.792 bits per heavy atom. The standard InChI is InChI=1S/C23H27N/c1-2-3-5-16-22(24-21-14-6-4-7-15-21)18-20-13-10-12-19-11-8-9-17-23(19)20/h4,6-15,17,22,24H,2-3,5,16,18H2,1H3. The first-order chi connectivity index (χ1) is 11.9. The van der Waals surface area contributed by atoms with Crippen molar-refractivity contribution >= 4 is 16.5 Å². The number of nitrogens with one attached hydrogen (secondary N) is 1. The van der Waals surface area contributed by atoms with Crippen LogP contribution in [0.4, 0.5) is 5.69 Å². The highest BCUT2D eigenvalue weighted by molar-refractivity contribution is 5.85. The SMILES string of the molecule is CCCCCC(Cc1cccc2ccccc12)Nc1ccccc1.